The molecule has 1 N–H and O–H groups in total. The van der Waals surface area contributed by atoms with Crippen LogP contribution in [0.1, 0.15) is 41.5 Å². The Morgan fingerprint density at radius 3 is 2.54 bits per heavy atom. The van der Waals surface area contributed by atoms with Crippen molar-refractivity contribution in [3.05, 3.63) is 64.7 Å². The molecule has 5 nitrogen and oxygen atoms in total. The average molecular weight is 401 g/mol. The number of benzene rings is 2. The Labute approximate surface area is 167 Å². The number of aryl methyl sites for hydroxylation is 2. The topological polar surface area (TPSA) is 66.5 Å². The predicted octanol–water partition coefficient (Wildman–Crippen LogP) is 3.34. The summed E-state index contributed by atoms with van der Waals surface area (Å²) >= 11 is 0. The Balaban J connectivity index is 1.64. The first-order chi connectivity index (χ1) is 13.4. The van der Waals surface area contributed by atoms with Crippen LogP contribution in [0.4, 0.5) is 0 Å². The number of sulfonamides is 1. The lowest BCUT2D eigenvalue weighted by Crippen LogP contribution is -2.35. The standard InChI is InChI=1S/C22H28N2O3S/c1-17-9-10-18(2)20(13-17)15-22(25)23-16-19-7-6-8-21(14-19)28(26,27)24-11-4-3-5-12-24/h6-10,13-14H,3-5,11-12,15-16H2,1-2H3,(H,23,25). The molecule has 0 aliphatic carbocycles. The zero-order valence-electron chi connectivity index (χ0n) is 16.6. The van der Waals surface area contributed by atoms with Crippen molar-refractivity contribution in [2.75, 3.05) is 13.1 Å². The molecule has 0 unspecified atom stereocenters. The predicted molar refractivity (Wildman–Crippen MR) is 111 cm³/mol. The van der Waals surface area contributed by atoms with Crippen molar-refractivity contribution in [1.29, 1.82) is 0 Å². The molecule has 6 heteroatoms. The fourth-order valence-electron chi connectivity index (χ4n) is 3.50. The molecule has 1 fully saturated rings. The minimum absolute atomic E-state index is 0.0713. The molecule has 3 rings (SSSR count). The summed E-state index contributed by atoms with van der Waals surface area (Å²) in [7, 11) is -3.46. The Hall–Kier alpha value is -2.18. The normalized spacial score (nSPS) is 15.4. The molecule has 2 aromatic rings. The van der Waals surface area contributed by atoms with Crippen molar-refractivity contribution in [3.63, 3.8) is 0 Å². The number of rotatable bonds is 6. The zero-order valence-corrected chi connectivity index (χ0v) is 17.4. The second kappa shape index (κ2) is 8.88. The van der Waals surface area contributed by atoms with Gasteiger partial charge < -0.3 is 5.32 Å². The van der Waals surface area contributed by atoms with Gasteiger partial charge in [0.25, 0.3) is 0 Å². The highest BCUT2D eigenvalue weighted by molar-refractivity contribution is 7.89. The van der Waals surface area contributed by atoms with Gasteiger partial charge in [-0.1, -0.05) is 42.3 Å². The van der Waals surface area contributed by atoms with E-state index in [0.29, 0.717) is 31.0 Å². The zero-order chi connectivity index (χ0) is 20.1. The lowest BCUT2D eigenvalue weighted by Gasteiger charge is -2.26. The monoisotopic (exact) mass is 400 g/mol. The first-order valence-electron chi connectivity index (χ1n) is 9.78. The van der Waals surface area contributed by atoms with Crippen LogP contribution in [0.5, 0.6) is 0 Å². The van der Waals surface area contributed by atoms with Gasteiger partial charge in [0.1, 0.15) is 0 Å². The van der Waals surface area contributed by atoms with E-state index in [-0.39, 0.29) is 5.91 Å². The maximum atomic E-state index is 12.8. The quantitative estimate of drug-likeness (QED) is 0.809. The maximum absolute atomic E-state index is 12.8. The summed E-state index contributed by atoms with van der Waals surface area (Å²) in [6.45, 7) is 5.48. The van der Waals surface area contributed by atoms with Crippen LogP contribution in [0.3, 0.4) is 0 Å². The number of nitrogens with zero attached hydrogens (tertiary/aromatic N) is 1. The third-order valence-electron chi connectivity index (χ3n) is 5.20. The van der Waals surface area contributed by atoms with Crippen LogP contribution in [0.15, 0.2) is 47.4 Å². The van der Waals surface area contributed by atoms with Crippen molar-refractivity contribution in [2.45, 2.75) is 51.0 Å². The molecule has 1 amide bonds. The van der Waals surface area contributed by atoms with E-state index in [2.05, 4.69) is 5.32 Å². The fraction of sp³-hybridized carbons (Fsp3) is 0.409. The Morgan fingerprint density at radius 1 is 1.04 bits per heavy atom. The van der Waals surface area contributed by atoms with Crippen molar-refractivity contribution in [2.24, 2.45) is 0 Å². The van der Waals surface area contributed by atoms with Gasteiger partial charge in [0.15, 0.2) is 0 Å². The summed E-state index contributed by atoms with van der Waals surface area (Å²) in [5, 5.41) is 2.90. The number of carbonyl (C=O) groups excluding carboxylic acids is 1. The summed E-state index contributed by atoms with van der Waals surface area (Å²) in [6.07, 6.45) is 3.22. The smallest absolute Gasteiger partial charge is 0.243 e. The minimum Gasteiger partial charge on any atom is -0.352 e. The first-order valence-corrected chi connectivity index (χ1v) is 11.2. The highest BCUT2D eigenvalue weighted by Gasteiger charge is 2.25. The number of nitrogens with one attached hydrogen (secondary N) is 1. The lowest BCUT2D eigenvalue weighted by molar-refractivity contribution is -0.120. The Morgan fingerprint density at radius 2 is 1.79 bits per heavy atom. The van der Waals surface area contributed by atoms with Gasteiger partial charge in [0.2, 0.25) is 15.9 Å². The van der Waals surface area contributed by atoms with Crippen molar-refractivity contribution in [3.8, 4) is 0 Å². The fourth-order valence-corrected chi connectivity index (χ4v) is 5.08. The van der Waals surface area contributed by atoms with Crippen molar-refractivity contribution < 1.29 is 13.2 Å². The SMILES string of the molecule is Cc1ccc(C)c(CC(=O)NCc2cccc(S(=O)(=O)N3CCCCC3)c2)c1. The summed E-state index contributed by atoms with van der Waals surface area (Å²) in [5.41, 5.74) is 4.02. The number of hydrogen-bond acceptors (Lipinski definition) is 3. The highest BCUT2D eigenvalue weighted by Crippen LogP contribution is 2.21. The Kier molecular flexibility index (Phi) is 6.52. The molecule has 1 heterocycles. The van der Waals surface area contributed by atoms with Crippen LogP contribution in [-0.4, -0.2) is 31.7 Å². The van der Waals surface area contributed by atoms with Gasteiger partial charge >= 0.3 is 0 Å². The second-order valence-electron chi connectivity index (χ2n) is 7.50. The molecular weight excluding hydrogens is 372 g/mol. The molecule has 0 radical (unpaired) electrons. The molecule has 0 spiro atoms. The van der Waals surface area contributed by atoms with E-state index < -0.39 is 10.0 Å². The maximum Gasteiger partial charge on any atom is 0.243 e. The third kappa shape index (κ3) is 5.00. The second-order valence-corrected chi connectivity index (χ2v) is 9.43. The summed E-state index contributed by atoms with van der Waals surface area (Å²) in [4.78, 5) is 12.6. The molecular formula is C22H28N2O3S. The van der Waals surface area contributed by atoms with E-state index in [1.807, 2.05) is 38.1 Å². The van der Waals surface area contributed by atoms with Gasteiger partial charge in [-0.05, 0) is 55.5 Å². The van der Waals surface area contributed by atoms with E-state index in [9.17, 15) is 13.2 Å². The summed E-state index contributed by atoms with van der Waals surface area (Å²) < 4.78 is 27.2. The van der Waals surface area contributed by atoms with E-state index >= 15 is 0 Å². The van der Waals surface area contributed by atoms with Gasteiger partial charge in [-0.2, -0.15) is 4.31 Å². The molecule has 28 heavy (non-hydrogen) atoms. The van der Waals surface area contributed by atoms with Crippen LogP contribution in [0.25, 0.3) is 0 Å². The number of hydrogen-bond donors (Lipinski definition) is 1. The first kappa shape index (κ1) is 20.6. The van der Waals surface area contributed by atoms with Crippen LogP contribution in [0.2, 0.25) is 0 Å². The van der Waals surface area contributed by atoms with E-state index in [0.717, 1.165) is 41.5 Å². The molecule has 0 saturated carbocycles. The van der Waals surface area contributed by atoms with E-state index in [1.54, 1.807) is 22.5 Å². The lowest BCUT2D eigenvalue weighted by atomic mass is 10.0. The van der Waals surface area contributed by atoms with Gasteiger partial charge in [0, 0.05) is 19.6 Å². The van der Waals surface area contributed by atoms with Crippen LogP contribution < -0.4 is 5.32 Å². The third-order valence-corrected chi connectivity index (χ3v) is 7.09. The number of amides is 1. The van der Waals surface area contributed by atoms with E-state index in [1.165, 1.54) is 0 Å². The van der Waals surface area contributed by atoms with Gasteiger partial charge in [0.05, 0.1) is 11.3 Å². The van der Waals surface area contributed by atoms with Crippen LogP contribution in [0, 0.1) is 13.8 Å². The summed E-state index contributed by atoms with van der Waals surface area (Å²) in [5.74, 6) is -0.0713. The molecule has 2 aromatic carbocycles. The molecule has 1 aliphatic heterocycles. The summed E-state index contributed by atoms with van der Waals surface area (Å²) in [6, 6.07) is 13.0. The van der Waals surface area contributed by atoms with Crippen LogP contribution in [-0.2, 0) is 27.8 Å². The van der Waals surface area contributed by atoms with Gasteiger partial charge in [-0.25, -0.2) is 8.42 Å². The van der Waals surface area contributed by atoms with Crippen molar-refractivity contribution in [1.82, 2.24) is 9.62 Å². The van der Waals surface area contributed by atoms with E-state index in [4.69, 9.17) is 0 Å². The van der Waals surface area contributed by atoms with Crippen LogP contribution >= 0.6 is 0 Å². The number of carbonyl (C=O) groups is 1. The highest BCUT2D eigenvalue weighted by atomic mass is 32.2. The Bertz CT molecular complexity index is 948. The minimum atomic E-state index is -3.46. The molecule has 0 bridgehead atoms. The molecule has 1 aliphatic rings. The van der Waals surface area contributed by atoms with Crippen molar-refractivity contribution >= 4 is 15.9 Å². The average Bonchev–Trinajstić information content (AvgIpc) is 2.70. The molecule has 1 saturated heterocycles. The molecule has 0 atom stereocenters. The van der Waals surface area contributed by atoms with Gasteiger partial charge in [-0.15, -0.1) is 0 Å². The van der Waals surface area contributed by atoms with Gasteiger partial charge in [-0.3, -0.25) is 4.79 Å². The molecule has 0 aromatic heterocycles. The number of piperidine rings is 1. The largest absolute Gasteiger partial charge is 0.352 e. The molecule has 150 valence electrons.